The molecule has 1 rings (SSSR count). The second-order valence-corrected chi connectivity index (χ2v) is 6.49. The van der Waals surface area contributed by atoms with Gasteiger partial charge in [-0.15, -0.1) is 0 Å². The van der Waals surface area contributed by atoms with Gasteiger partial charge in [0, 0.05) is 6.04 Å². The van der Waals surface area contributed by atoms with E-state index in [-0.39, 0.29) is 0 Å². The molecule has 0 aliphatic heterocycles. The van der Waals surface area contributed by atoms with Crippen molar-refractivity contribution in [3.63, 3.8) is 0 Å². The maximum Gasteiger partial charge on any atom is 0.0320 e. The van der Waals surface area contributed by atoms with E-state index in [4.69, 9.17) is 0 Å². The van der Waals surface area contributed by atoms with Gasteiger partial charge in [0.1, 0.15) is 0 Å². The molecule has 1 N–H and O–H groups in total. The summed E-state index contributed by atoms with van der Waals surface area (Å²) in [6, 6.07) is 11.5. The van der Waals surface area contributed by atoms with Crippen molar-refractivity contribution in [2.75, 3.05) is 6.54 Å². The molecule has 1 aromatic carbocycles. The van der Waals surface area contributed by atoms with Gasteiger partial charge in [-0.1, -0.05) is 108 Å². The van der Waals surface area contributed by atoms with Crippen LogP contribution in [0.25, 0.3) is 0 Å². The SMILES string of the molecule is CCCCCCCCCCCCC(NCC)c1ccccc1. The molecule has 0 amide bonds. The molecule has 1 atom stereocenters. The highest BCUT2D eigenvalue weighted by Crippen LogP contribution is 2.20. The van der Waals surface area contributed by atoms with Gasteiger partial charge in [0.05, 0.1) is 0 Å². The maximum absolute atomic E-state index is 3.63. The average molecular weight is 304 g/mol. The fourth-order valence-electron chi connectivity index (χ4n) is 3.15. The zero-order chi connectivity index (χ0) is 15.9. The molecule has 1 heteroatoms. The van der Waals surface area contributed by atoms with E-state index in [0.717, 1.165) is 6.54 Å². The normalized spacial score (nSPS) is 12.5. The fraction of sp³-hybridized carbons (Fsp3) is 0.714. The van der Waals surface area contributed by atoms with E-state index >= 15 is 0 Å². The van der Waals surface area contributed by atoms with Gasteiger partial charge in [0.2, 0.25) is 0 Å². The van der Waals surface area contributed by atoms with Crippen LogP contribution in [0.3, 0.4) is 0 Å². The van der Waals surface area contributed by atoms with Crippen LogP contribution in [-0.4, -0.2) is 6.54 Å². The molecule has 1 unspecified atom stereocenters. The van der Waals surface area contributed by atoms with E-state index in [1.165, 1.54) is 76.2 Å². The lowest BCUT2D eigenvalue weighted by Crippen LogP contribution is -2.20. The molecule has 0 fully saturated rings. The zero-order valence-corrected chi connectivity index (χ0v) is 14.9. The van der Waals surface area contributed by atoms with Crippen LogP contribution in [0.2, 0.25) is 0 Å². The lowest BCUT2D eigenvalue weighted by molar-refractivity contribution is 0.474. The van der Waals surface area contributed by atoms with Crippen molar-refractivity contribution in [2.24, 2.45) is 0 Å². The van der Waals surface area contributed by atoms with Crippen molar-refractivity contribution >= 4 is 0 Å². The molecule has 126 valence electrons. The van der Waals surface area contributed by atoms with Gasteiger partial charge in [-0.3, -0.25) is 0 Å². The molecule has 0 spiro atoms. The van der Waals surface area contributed by atoms with Crippen molar-refractivity contribution in [1.82, 2.24) is 5.32 Å². The standard InChI is InChI=1S/C21H37N/c1-3-5-6-7-8-9-10-11-12-16-19-21(22-4-2)20-17-14-13-15-18-20/h13-15,17-18,21-22H,3-12,16,19H2,1-2H3. The van der Waals surface area contributed by atoms with Gasteiger partial charge < -0.3 is 5.32 Å². The summed E-state index contributed by atoms with van der Waals surface area (Å²) in [4.78, 5) is 0. The Morgan fingerprint density at radius 2 is 1.27 bits per heavy atom. The Hall–Kier alpha value is -0.820. The molecule has 1 nitrogen and oxygen atoms in total. The van der Waals surface area contributed by atoms with E-state index in [1.807, 2.05) is 0 Å². The van der Waals surface area contributed by atoms with E-state index in [2.05, 4.69) is 49.5 Å². The molecular formula is C21H37N. The van der Waals surface area contributed by atoms with Crippen LogP contribution in [0.4, 0.5) is 0 Å². The fourth-order valence-corrected chi connectivity index (χ4v) is 3.15. The number of rotatable bonds is 14. The Kier molecular flexibility index (Phi) is 12.1. The minimum Gasteiger partial charge on any atom is -0.310 e. The Bertz CT molecular complexity index is 333. The van der Waals surface area contributed by atoms with Gasteiger partial charge in [0.25, 0.3) is 0 Å². The summed E-state index contributed by atoms with van der Waals surface area (Å²) in [5, 5.41) is 3.63. The monoisotopic (exact) mass is 303 g/mol. The summed E-state index contributed by atoms with van der Waals surface area (Å²) in [5.74, 6) is 0. The van der Waals surface area contributed by atoms with Crippen LogP contribution < -0.4 is 5.32 Å². The van der Waals surface area contributed by atoms with Crippen molar-refractivity contribution < 1.29 is 0 Å². The summed E-state index contributed by atoms with van der Waals surface area (Å²) in [7, 11) is 0. The lowest BCUT2D eigenvalue weighted by atomic mass is 9.99. The summed E-state index contributed by atoms with van der Waals surface area (Å²) in [5.41, 5.74) is 1.44. The molecule has 0 aliphatic carbocycles. The summed E-state index contributed by atoms with van der Waals surface area (Å²) >= 11 is 0. The second kappa shape index (κ2) is 13.8. The van der Waals surface area contributed by atoms with Crippen molar-refractivity contribution in [3.05, 3.63) is 35.9 Å². The van der Waals surface area contributed by atoms with Crippen LogP contribution in [0.15, 0.2) is 30.3 Å². The molecule has 0 heterocycles. The van der Waals surface area contributed by atoms with Gasteiger partial charge in [-0.2, -0.15) is 0 Å². The number of hydrogen-bond donors (Lipinski definition) is 1. The molecule has 1 aromatic rings. The third-order valence-electron chi connectivity index (χ3n) is 4.50. The van der Waals surface area contributed by atoms with Crippen LogP contribution in [0, 0.1) is 0 Å². The molecule has 0 saturated heterocycles. The molecule has 0 bridgehead atoms. The van der Waals surface area contributed by atoms with Crippen LogP contribution in [-0.2, 0) is 0 Å². The van der Waals surface area contributed by atoms with Gasteiger partial charge in [0.15, 0.2) is 0 Å². The predicted molar refractivity (Wildman–Crippen MR) is 99.3 cm³/mol. The Balaban J connectivity index is 2.04. The number of benzene rings is 1. The third-order valence-corrected chi connectivity index (χ3v) is 4.50. The molecule has 0 aliphatic rings. The predicted octanol–water partition coefficient (Wildman–Crippen LogP) is 6.65. The molecular weight excluding hydrogens is 266 g/mol. The van der Waals surface area contributed by atoms with Crippen molar-refractivity contribution in [2.45, 2.75) is 90.5 Å². The number of unbranched alkanes of at least 4 members (excludes halogenated alkanes) is 9. The molecule has 0 radical (unpaired) electrons. The minimum atomic E-state index is 0.542. The quantitative estimate of drug-likeness (QED) is 0.379. The van der Waals surface area contributed by atoms with Crippen molar-refractivity contribution in [3.8, 4) is 0 Å². The number of hydrogen-bond acceptors (Lipinski definition) is 1. The first-order chi connectivity index (χ1) is 10.9. The van der Waals surface area contributed by atoms with Gasteiger partial charge >= 0.3 is 0 Å². The highest BCUT2D eigenvalue weighted by molar-refractivity contribution is 5.18. The van der Waals surface area contributed by atoms with Gasteiger partial charge in [-0.25, -0.2) is 0 Å². The van der Waals surface area contributed by atoms with E-state index in [1.54, 1.807) is 0 Å². The van der Waals surface area contributed by atoms with Crippen LogP contribution >= 0.6 is 0 Å². The van der Waals surface area contributed by atoms with E-state index in [9.17, 15) is 0 Å². The summed E-state index contributed by atoms with van der Waals surface area (Å²) in [6.45, 7) is 5.54. The topological polar surface area (TPSA) is 12.0 Å². The highest BCUT2D eigenvalue weighted by atomic mass is 14.9. The molecule has 22 heavy (non-hydrogen) atoms. The highest BCUT2D eigenvalue weighted by Gasteiger charge is 2.08. The second-order valence-electron chi connectivity index (χ2n) is 6.49. The third kappa shape index (κ3) is 9.25. The summed E-state index contributed by atoms with van der Waals surface area (Å²) in [6.07, 6.45) is 15.4. The first-order valence-corrected chi connectivity index (χ1v) is 9.66. The number of nitrogens with one attached hydrogen (secondary N) is 1. The van der Waals surface area contributed by atoms with Gasteiger partial charge in [-0.05, 0) is 18.5 Å². The smallest absolute Gasteiger partial charge is 0.0320 e. The Morgan fingerprint density at radius 3 is 1.82 bits per heavy atom. The summed E-state index contributed by atoms with van der Waals surface area (Å²) < 4.78 is 0. The zero-order valence-electron chi connectivity index (χ0n) is 14.9. The van der Waals surface area contributed by atoms with E-state index < -0.39 is 0 Å². The van der Waals surface area contributed by atoms with E-state index in [0.29, 0.717) is 6.04 Å². The van der Waals surface area contributed by atoms with Crippen LogP contribution in [0.1, 0.15) is 96.1 Å². The molecule has 0 saturated carbocycles. The maximum atomic E-state index is 3.63. The largest absolute Gasteiger partial charge is 0.310 e. The first kappa shape index (κ1) is 19.2. The van der Waals surface area contributed by atoms with Crippen LogP contribution in [0.5, 0.6) is 0 Å². The molecule has 0 aromatic heterocycles. The average Bonchev–Trinajstić information content (AvgIpc) is 2.56. The Morgan fingerprint density at radius 1 is 0.727 bits per heavy atom. The minimum absolute atomic E-state index is 0.542. The lowest BCUT2D eigenvalue weighted by Gasteiger charge is -2.18. The first-order valence-electron chi connectivity index (χ1n) is 9.66. The Labute approximate surface area is 138 Å². The van der Waals surface area contributed by atoms with Crippen molar-refractivity contribution in [1.29, 1.82) is 0 Å².